The second-order valence-electron chi connectivity index (χ2n) is 5.32. The van der Waals surface area contributed by atoms with Gasteiger partial charge in [-0.25, -0.2) is 9.37 Å². The van der Waals surface area contributed by atoms with Gasteiger partial charge in [0.05, 0.1) is 11.4 Å². The Balaban J connectivity index is 1.88. The SMILES string of the molecule is O=c1c2nc(-c3ccc(Cl)cc3)cn2ccn1-c1cccc(F)c1. The lowest BCUT2D eigenvalue weighted by molar-refractivity contribution is 0.626. The van der Waals surface area contributed by atoms with Gasteiger partial charge < -0.3 is 4.40 Å². The fourth-order valence-corrected chi connectivity index (χ4v) is 2.69. The Morgan fingerprint density at radius 3 is 2.58 bits per heavy atom. The number of rotatable bonds is 2. The van der Waals surface area contributed by atoms with Gasteiger partial charge in [-0.15, -0.1) is 0 Å². The van der Waals surface area contributed by atoms with E-state index in [4.69, 9.17) is 11.6 Å². The molecule has 0 aliphatic heterocycles. The first kappa shape index (κ1) is 14.7. The van der Waals surface area contributed by atoms with E-state index in [2.05, 4.69) is 4.98 Å². The summed E-state index contributed by atoms with van der Waals surface area (Å²) < 4.78 is 16.4. The molecule has 0 fully saturated rings. The highest BCUT2D eigenvalue weighted by Crippen LogP contribution is 2.20. The summed E-state index contributed by atoms with van der Waals surface area (Å²) in [5.74, 6) is -0.399. The number of benzene rings is 2. The summed E-state index contributed by atoms with van der Waals surface area (Å²) in [4.78, 5) is 17.1. The van der Waals surface area contributed by atoms with Crippen molar-refractivity contribution in [3.8, 4) is 16.9 Å². The fraction of sp³-hybridized carbons (Fsp3) is 0. The van der Waals surface area contributed by atoms with Crippen molar-refractivity contribution in [3.63, 3.8) is 0 Å². The van der Waals surface area contributed by atoms with Crippen molar-refractivity contribution in [2.24, 2.45) is 0 Å². The Morgan fingerprint density at radius 1 is 1.04 bits per heavy atom. The summed E-state index contributed by atoms with van der Waals surface area (Å²) in [6, 6.07) is 13.1. The van der Waals surface area contributed by atoms with E-state index in [0.29, 0.717) is 16.4 Å². The second kappa shape index (κ2) is 5.62. The molecule has 0 N–H and O–H groups in total. The average Bonchev–Trinajstić information content (AvgIpc) is 3.01. The molecule has 0 saturated heterocycles. The number of hydrogen-bond acceptors (Lipinski definition) is 2. The van der Waals surface area contributed by atoms with Crippen LogP contribution in [0.1, 0.15) is 0 Å². The number of fused-ring (bicyclic) bond motifs is 1. The Kier molecular flexibility index (Phi) is 3.43. The van der Waals surface area contributed by atoms with Crippen LogP contribution in [0.5, 0.6) is 0 Å². The predicted molar refractivity (Wildman–Crippen MR) is 91.2 cm³/mol. The normalized spacial score (nSPS) is 11.1. The lowest BCUT2D eigenvalue weighted by Crippen LogP contribution is -2.20. The van der Waals surface area contributed by atoms with E-state index in [9.17, 15) is 9.18 Å². The highest BCUT2D eigenvalue weighted by atomic mass is 35.5. The summed E-state index contributed by atoms with van der Waals surface area (Å²) >= 11 is 5.89. The molecule has 2 heterocycles. The molecule has 0 unspecified atom stereocenters. The van der Waals surface area contributed by atoms with Crippen LogP contribution < -0.4 is 5.56 Å². The second-order valence-corrected chi connectivity index (χ2v) is 5.75. The highest BCUT2D eigenvalue weighted by molar-refractivity contribution is 6.30. The van der Waals surface area contributed by atoms with Crippen LogP contribution in [-0.2, 0) is 0 Å². The first-order valence-corrected chi connectivity index (χ1v) is 7.62. The van der Waals surface area contributed by atoms with Crippen LogP contribution >= 0.6 is 11.6 Å². The quantitative estimate of drug-likeness (QED) is 0.555. The van der Waals surface area contributed by atoms with Crippen molar-refractivity contribution in [1.29, 1.82) is 0 Å². The first-order chi connectivity index (χ1) is 11.6. The van der Waals surface area contributed by atoms with Crippen molar-refractivity contribution in [3.05, 3.63) is 88.3 Å². The molecule has 0 saturated carbocycles. The zero-order valence-electron chi connectivity index (χ0n) is 12.4. The van der Waals surface area contributed by atoms with E-state index in [1.54, 1.807) is 47.3 Å². The molecule has 0 aliphatic rings. The minimum Gasteiger partial charge on any atom is -0.300 e. The van der Waals surface area contributed by atoms with Crippen LogP contribution in [0.3, 0.4) is 0 Å². The van der Waals surface area contributed by atoms with E-state index in [0.717, 1.165) is 5.56 Å². The number of aromatic nitrogens is 3. The Labute approximate surface area is 141 Å². The molecule has 24 heavy (non-hydrogen) atoms. The van der Waals surface area contributed by atoms with E-state index >= 15 is 0 Å². The van der Waals surface area contributed by atoms with Gasteiger partial charge in [0.25, 0.3) is 5.56 Å². The number of halogens is 2. The van der Waals surface area contributed by atoms with Gasteiger partial charge in [-0.1, -0.05) is 29.8 Å². The molecule has 2 aromatic carbocycles. The van der Waals surface area contributed by atoms with Crippen LogP contribution in [0.4, 0.5) is 4.39 Å². The molecule has 0 aliphatic carbocycles. The molecule has 0 atom stereocenters. The smallest absolute Gasteiger partial charge is 0.298 e. The summed E-state index contributed by atoms with van der Waals surface area (Å²) in [6.45, 7) is 0. The van der Waals surface area contributed by atoms with Gasteiger partial charge in [0.1, 0.15) is 5.82 Å². The monoisotopic (exact) mass is 339 g/mol. The molecule has 4 nitrogen and oxygen atoms in total. The van der Waals surface area contributed by atoms with Crippen LogP contribution in [-0.4, -0.2) is 14.0 Å². The van der Waals surface area contributed by atoms with Crippen LogP contribution in [0.15, 0.2) is 71.9 Å². The van der Waals surface area contributed by atoms with Crippen molar-refractivity contribution in [1.82, 2.24) is 14.0 Å². The lowest BCUT2D eigenvalue weighted by Gasteiger charge is -2.05. The molecular weight excluding hydrogens is 329 g/mol. The summed E-state index contributed by atoms with van der Waals surface area (Å²) in [7, 11) is 0. The van der Waals surface area contributed by atoms with Gasteiger partial charge in [0.15, 0.2) is 0 Å². The largest absolute Gasteiger partial charge is 0.300 e. The number of nitrogens with zero attached hydrogens (tertiary/aromatic N) is 3. The molecule has 4 rings (SSSR count). The Morgan fingerprint density at radius 2 is 1.83 bits per heavy atom. The van der Waals surface area contributed by atoms with Crippen molar-refractivity contribution >= 4 is 17.2 Å². The van der Waals surface area contributed by atoms with Crippen LogP contribution in [0, 0.1) is 5.82 Å². The fourth-order valence-electron chi connectivity index (χ4n) is 2.57. The lowest BCUT2D eigenvalue weighted by atomic mass is 10.2. The number of hydrogen-bond donors (Lipinski definition) is 0. The van der Waals surface area contributed by atoms with E-state index in [1.165, 1.54) is 16.7 Å². The zero-order valence-corrected chi connectivity index (χ0v) is 13.1. The molecule has 2 aromatic heterocycles. The minimum absolute atomic E-state index is 0.270. The van der Waals surface area contributed by atoms with Gasteiger partial charge in [0.2, 0.25) is 5.65 Å². The standard InChI is InChI=1S/C18H11ClFN3O/c19-13-6-4-12(5-7-13)16-11-22-8-9-23(18(24)17(22)21-16)15-3-1-2-14(20)10-15/h1-11H. The third-order valence-electron chi connectivity index (χ3n) is 3.75. The maximum Gasteiger partial charge on any atom is 0.298 e. The van der Waals surface area contributed by atoms with Crippen molar-refractivity contribution in [2.45, 2.75) is 0 Å². The van der Waals surface area contributed by atoms with Crippen molar-refractivity contribution < 1.29 is 4.39 Å². The summed E-state index contributed by atoms with van der Waals surface area (Å²) in [6.07, 6.45) is 5.08. The average molecular weight is 340 g/mol. The third-order valence-corrected chi connectivity index (χ3v) is 4.00. The zero-order chi connectivity index (χ0) is 16.7. The van der Waals surface area contributed by atoms with Gasteiger partial charge in [-0.05, 0) is 30.3 Å². The van der Waals surface area contributed by atoms with E-state index < -0.39 is 5.82 Å². The Bertz CT molecular complexity index is 1100. The molecule has 4 aromatic rings. The van der Waals surface area contributed by atoms with E-state index in [1.807, 2.05) is 12.1 Å². The maximum atomic E-state index is 13.4. The molecule has 118 valence electrons. The van der Waals surface area contributed by atoms with Crippen molar-refractivity contribution in [2.75, 3.05) is 0 Å². The molecule has 0 radical (unpaired) electrons. The van der Waals surface area contributed by atoms with Gasteiger partial charge in [0, 0.05) is 29.2 Å². The summed E-state index contributed by atoms with van der Waals surface area (Å²) in [5, 5.41) is 0.635. The summed E-state index contributed by atoms with van der Waals surface area (Å²) in [5.41, 5.74) is 1.94. The minimum atomic E-state index is -0.399. The molecule has 6 heteroatoms. The maximum absolute atomic E-state index is 13.4. The predicted octanol–water partition coefficient (Wildman–Crippen LogP) is 3.94. The van der Waals surface area contributed by atoms with Gasteiger partial charge in [-0.3, -0.25) is 9.36 Å². The molecular formula is C18H11ClFN3O. The van der Waals surface area contributed by atoms with Gasteiger partial charge in [-0.2, -0.15) is 0 Å². The first-order valence-electron chi connectivity index (χ1n) is 7.24. The van der Waals surface area contributed by atoms with E-state index in [-0.39, 0.29) is 11.2 Å². The molecule has 0 bridgehead atoms. The topological polar surface area (TPSA) is 39.3 Å². The van der Waals surface area contributed by atoms with Crippen LogP contribution in [0.2, 0.25) is 5.02 Å². The third kappa shape index (κ3) is 2.49. The van der Waals surface area contributed by atoms with Gasteiger partial charge >= 0.3 is 0 Å². The Hall–Kier alpha value is -2.92. The molecule has 0 amide bonds. The molecule has 0 spiro atoms. The number of imidazole rings is 1. The highest BCUT2D eigenvalue weighted by Gasteiger charge is 2.10. The van der Waals surface area contributed by atoms with Crippen LogP contribution in [0.25, 0.3) is 22.6 Å².